The van der Waals surface area contributed by atoms with Crippen molar-refractivity contribution in [1.82, 2.24) is 4.98 Å². The average Bonchev–Trinajstić information content (AvgIpc) is 2.91. The second-order valence-corrected chi connectivity index (χ2v) is 5.36. The number of hydrogen-bond acceptors (Lipinski definition) is 5. The first-order valence-corrected chi connectivity index (χ1v) is 7.14. The summed E-state index contributed by atoms with van der Waals surface area (Å²) in [6, 6.07) is 6.01. The molecule has 1 aliphatic rings. The predicted molar refractivity (Wildman–Crippen MR) is 81.1 cm³/mol. The van der Waals surface area contributed by atoms with Crippen molar-refractivity contribution < 1.29 is 14.2 Å². The molecule has 2 unspecified atom stereocenters. The first-order valence-electron chi connectivity index (χ1n) is 7.14. The van der Waals surface area contributed by atoms with Crippen LogP contribution >= 0.6 is 0 Å². The van der Waals surface area contributed by atoms with Crippen LogP contribution < -0.4 is 19.9 Å². The molecule has 0 aliphatic heterocycles. The van der Waals surface area contributed by atoms with Crippen LogP contribution in [0.1, 0.15) is 19.3 Å². The van der Waals surface area contributed by atoms with Crippen LogP contribution in [-0.4, -0.2) is 31.3 Å². The summed E-state index contributed by atoms with van der Waals surface area (Å²) < 4.78 is 16.7. The lowest BCUT2D eigenvalue weighted by molar-refractivity contribution is 0.202. The van der Waals surface area contributed by atoms with E-state index in [0.717, 1.165) is 30.0 Å². The highest BCUT2D eigenvalue weighted by molar-refractivity contribution is 5.89. The molecule has 2 N–H and O–H groups in total. The molecule has 1 aromatic heterocycles. The van der Waals surface area contributed by atoms with Crippen LogP contribution in [0.4, 0.5) is 0 Å². The fourth-order valence-electron chi connectivity index (χ4n) is 2.80. The Morgan fingerprint density at radius 1 is 1.14 bits per heavy atom. The Hall–Kier alpha value is -2.01. The third-order valence-electron chi connectivity index (χ3n) is 3.94. The van der Waals surface area contributed by atoms with Crippen molar-refractivity contribution in [3.8, 4) is 17.4 Å². The van der Waals surface area contributed by atoms with Crippen molar-refractivity contribution in [2.75, 3.05) is 14.2 Å². The van der Waals surface area contributed by atoms with Gasteiger partial charge in [0.05, 0.1) is 14.2 Å². The number of hydrogen-bond donors (Lipinski definition) is 1. The average molecular weight is 288 g/mol. The lowest BCUT2D eigenvalue weighted by Crippen LogP contribution is -2.19. The largest absolute Gasteiger partial charge is 0.493 e. The molecule has 3 rings (SSSR count). The monoisotopic (exact) mass is 288 g/mol. The minimum Gasteiger partial charge on any atom is -0.493 e. The Balaban J connectivity index is 1.98. The maximum absolute atomic E-state index is 6.04. The van der Waals surface area contributed by atoms with Crippen molar-refractivity contribution in [3.63, 3.8) is 0 Å². The molecule has 1 aromatic carbocycles. The lowest BCUT2D eigenvalue weighted by Gasteiger charge is -2.15. The molecule has 1 saturated carbocycles. The van der Waals surface area contributed by atoms with Gasteiger partial charge in [0.25, 0.3) is 0 Å². The second-order valence-electron chi connectivity index (χ2n) is 5.36. The standard InChI is InChI=1S/C16H20N2O3/c1-19-14-7-10-5-6-18-16(13(10)9-15(14)20-2)21-12-4-3-11(17)8-12/h5-7,9,11-12H,3-4,8,17H2,1-2H3. The Morgan fingerprint density at radius 2 is 1.90 bits per heavy atom. The topological polar surface area (TPSA) is 66.6 Å². The molecule has 5 nitrogen and oxygen atoms in total. The van der Waals surface area contributed by atoms with Crippen LogP contribution in [0.2, 0.25) is 0 Å². The van der Waals surface area contributed by atoms with Crippen LogP contribution in [-0.2, 0) is 0 Å². The summed E-state index contributed by atoms with van der Waals surface area (Å²) in [6.07, 6.45) is 4.76. The zero-order valence-corrected chi connectivity index (χ0v) is 12.3. The van der Waals surface area contributed by atoms with Gasteiger partial charge < -0.3 is 19.9 Å². The van der Waals surface area contributed by atoms with Gasteiger partial charge in [-0.15, -0.1) is 0 Å². The highest BCUT2D eigenvalue weighted by atomic mass is 16.5. The molecule has 2 atom stereocenters. The molecule has 1 heterocycles. The van der Waals surface area contributed by atoms with Crippen LogP contribution in [0.15, 0.2) is 24.4 Å². The maximum Gasteiger partial charge on any atom is 0.221 e. The summed E-state index contributed by atoms with van der Waals surface area (Å²) in [4.78, 5) is 4.37. The molecule has 0 radical (unpaired) electrons. The summed E-state index contributed by atoms with van der Waals surface area (Å²) in [7, 11) is 3.25. The number of nitrogens with two attached hydrogens (primary N) is 1. The summed E-state index contributed by atoms with van der Waals surface area (Å²) >= 11 is 0. The molecule has 1 aliphatic carbocycles. The Labute approximate surface area is 124 Å². The molecule has 0 spiro atoms. The maximum atomic E-state index is 6.04. The number of fused-ring (bicyclic) bond motifs is 1. The van der Waals surface area contributed by atoms with Crippen LogP contribution in [0.5, 0.6) is 17.4 Å². The van der Waals surface area contributed by atoms with Gasteiger partial charge in [0.1, 0.15) is 6.10 Å². The molecule has 1 fully saturated rings. The third kappa shape index (κ3) is 2.74. The molecule has 0 bridgehead atoms. The van der Waals surface area contributed by atoms with Crippen molar-refractivity contribution in [3.05, 3.63) is 24.4 Å². The minimum absolute atomic E-state index is 0.145. The molecule has 0 saturated heterocycles. The smallest absolute Gasteiger partial charge is 0.221 e. The summed E-state index contributed by atoms with van der Waals surface area (Å²) in [6.45, 7) is 0. The zero-order valence-electron chi connectivity index (χ0n) is 12.3. The highest BCUT2D eigenvalue weighted by Crippen LogP contribution is 2.36. The number of pyridine rings is 1. The first-order chi connectivity index (χ1) is 10.2. The number of benzene rings is 1. The van der Waals surface area contributed by atoms with Gasteiger partial charge in [-0.1, -0.05) is 0 Å². The van der Waals surface area contributed by atoms with Gasteiger partial charge in [-0.25, -0.2) is 4.98 Å². The Bertz CT molecular complexity index is 645. The van der Waals surface area contributed by atoms with Gasteiger partial charge in [0.15, 0.2) is 11.5 Å². The minimum atomic E-state index is 0.145. The van der Waals surface area contributed by atoms with E-state index in [1.165, 1.54) is 0 Å². The highest BCUT2D eigenvalue weighted by Gasteiger charge is 2.24. The number of rotatable bonds is 4. The van der Waals surface area contributed by atoms with Gasteiger partial charge in [-0.3, -0.25) is 0 Å². The van der Waals surface area contributed by atoms with E-state index >= 15 is 0 Å². The van der Waals surface area contributed by atoms with Crippen molar-refractivity contribution >= 4 is 10.8 Å². The molecular formula is C16H20N2O3. The van der Waals surface area contributed by atoms with E-state index in [4.69, 9.17) is 19.9 Å². The van der Waals surface area contributed by atoms with Gasteiger partial charge in [0, 0.05) is 17.6 Å². The lowest BCUT2D eigenvalue weighted by atomic mass is 10.1. The summed E-state index contributed by atoms with van der Waals surface area (Å²) in [5, 5.41) is 1.94. The van der Waals surface area contributed by atoms with Crippen molar-refractivity contribution in [1.29, 1.82) is 0 Å². The molecule has 112 valence electrons. The number of aromatic nitrogens is 1. The summed E-state index contributed by atoms with van der Waals surface area (Å²) in [5.41, 5.74) is 5.94. The Kier molecular flexibility index (Phi) is 3.84. The Morgan fingerprint density at radius 3 is 2.57 bits per heavy atom. The summed E-state index contributed by atoms with van der Waals surface area (Å²) in [5.74, 6) is 2.00. The second kappa shape index (κ2) is 5.77. The SMILES string of the molecule is COc1cc2ccnc(OC3CCC(N)C3)c2cc1OC. The molecular weight excluding hydrogens is 268 g/mol. The van der Waals surface area contributed by atoms with E-state index in [1.54, 1.807) is 20.4 Å². The van der Waals surface area contributed by atoms with E-state index in [1.807, 2.05) is 18.2 Å². The molecule has 2 aromatic rings. The van der Waals surface area contributed by atoms with Crippen molar-refractivity contribution in [2.24, 2.45) is 5.73 Å². The fourth-order valence-corrected chi connectivity index (χ4v) is 2.80. The molecule has 0 amide bonds. The normalized spacial score (nSPS) is 21.5. The van der Waals surface area contributed by atoms with E-state index in [2.05, 4.69) is 4.98 Å². The van der Waals surface area contributed by atoms with Gasteiger partial charge >= 0.3 is 0 Å². The van der Waals surface area contributed by atoms with E-state index in [0.29, 0.717) is 17.4 Å². The fraction of sp³-hybridized carbons (Fsp3) is 0.438. The van der Waals surface area contributed by atoms with Crippen molar-refractivity contribution in [2.45, 2.75) is 31.4 Å². The number of methoxy groups -OCH3 is 2. The number of nitrogens with zero attached hydrogens (tertiary/aromatic N) is 1. The van der Waals surface area contributed by atoms with Gasteiger partial charge in [-0.05, 0) is 42.8 Å². The first kappa shape index (κ1) is 13.9. The quantitative estimate of drug-likeness (QED) is 0.936. The van der Waals surface area contributed by atoms with Gasteiger partial charge in [0.2, 0.25) is 5.88 Å². The van der Waals surface area contributed by atoms with E-state index < -0.39 is 0 Å². The van der Waals surface area contributed by atoms with E-state index in [-0.39, 0.29) is 12.1 Å². The van der Waals surface area contributed by atoms with Gasteiger partial charge in [-0.2, -0.15) is 0 Å². The predicted octanol–water partition coefficient (Wildman–Crippen LogP) is 2.51. The number of ether oxygens (including phenoxy) is 3. The van der Waals surface area contributed by atoms with E-state index in [9.17, 15) is 0 Å². The molecule has 5 heteroatoms. The van der Waals surface area contributed by atoms with Crippen LogP contribution in [0, 0.1) is 0 Å². The van der Waals surface area contributed by atoms with Crippen LogP contribution in [0.3, 0.4) is 0 Å². The third-order valence-corrected chi connectivity index (χ3v) is 3.94. The van der Waals surface area contributed by atoms with Crippen LogP contribution in [0.25, 0.3) is 10.8 Å². The zero-order chi connectivity index (χ0) is 14.8. The molecule has 21 heavy (non-hydrogen) atoms.